The zero-order chi connectivity index (χ0) is 16.1. The molecule has 0 aliphatic carbocycles. The highest BCUT2D eigenvalue weighted by Gasteiger charge is 2.13. The van der Waals surface area contributed by atoms with E-state index in [0.29, 0.717) is 29.9 Å². The van der Waals surface area contributed by atoms with E-state index in [2.05, 4.69) is 5.10 Å². The van der Waals surface area contributed by atoms with Crippen LogP contribution < -0.4 is 5.73 Å². The predicted molar refractivity (Wildman–Crippen MR) is 81.0 cm³/mol. The minimum absolute atomic E-state index is 0.265. The van der Waals surface area contributed by atoms with Crippen molar-refractivity contribution in [1.29, 1.82) is 5.26 Å². The Kier molecular flexibility index (Phi) is 4.76. The SMILES string of the molecule is CCN(CC)OC(=O)c1ccc(-n2ncc(C#N)c2N)cc1. The van der Waals surface area contributed by atoms with Crippen molar-refractivity contribution < 1.29 is 9.63 Å². The van der Waals surface area contributed by atoms with Gasteiger partial charge in [0.15, 0.2) is 0 Å². The summed E-state index contributed by atoms with van der Waals surface area (Å²) in [4.78, 5) is 17.2. The molecule has 0 saturated heterocycles. The summed E-state index contributed by atoms with van der Waals surface area (Å²) >= 11 is 0. The van der Waals surface area contributed by atoms with Crippen molar-refractivity contribution in [3.63, 3.8) is 0 Å². The third kappa shape index (κ3) is 3.07. The molecule has 2 N–H and O–H groups in total. The lowest BCUT2D eigenvalue weighted by Gasteiger charge is -2.17. The van der Waals surface area contributed by atoms with E-state index in [1.807, 2.05) is 19.9 Å². The van der Waals surface area contributed by atoms with Crippen LogP contribution in [0.1, 0.15) is 29.8 Å². The van der Waals surface area contributed by atoms with Gasteiger partial charge in [-0.3, -0.25) is 0 Å². The molecule has 1 heterocycles. The van der Waals surface area contributed by atoms with Gasteiger partial charge in [0.25, 0.3) is 0 Å². The van der Waals surface area contributed by atoms with E-state index in [4.69, 9.17) is 15.8 Å². The smallest absolute Gasteiger partial charge is 0.357 e. The molecule has 114 valence electrons. The maximum Gasteiger partial charge on any atom is 0.357 e. The molecule has 0 radical (unpaired) electrons. The molecule has 0 unspecified atom stereocenters. The number of aromatic nitrogens is 2. The third-order valence-electron chi connectivity index (χ3n) is 3.19. The van der Waals surface area contributed by atoms with E-state index in [1.54, 1.807) is 29.3 Å². The average Bonchev–Trinajstić information content (AvgIpc) is 2.93. The number of carbonyl (C=O) groups is 1. The van der Waals surface area contributed by atoms with Crippen LogP contribution in [0, 0.1) is 11.3 Å². The highest BCUT2D eigenvalue weighted by atomic mass is 16.7. The number of benzene rings is 1. The van der Waals surface area contributed by atoms with Gasteiger partial charge in [-0.25, -0.2) is 9.48 Å². The molecule has 1 aromatic heterocycles. The Labute approximate surface area is 128 Å². The van der Waals surface area contributed by atoms with Crippen LogP contribution >= 0.6 is 0 Å². The maximum absolute atomic E-state index is 12.0. The summed E-state index contributed by atoms with van der Waals surface area (Å²) in [6.45, 7) is 5.07. The van der Waals surface area contributed by atoms with Crippen LogP contribution in [0.2, 0.25) is 0 Å². The molecule has 0 bridgehead atoms. The van der Waals surface area contributed by atoms with Gasteiger partial charge in [0.05, 0.1) is 17.4 Å². The molecule has 0 aliphatic rings. The fourth-order valence-corrected chi connectivity index (χ4v) is 1.91. The van der Waals surface area contributed by atoms with Gasteiger partial charge in [-0.2, -0.15) is 10.4 Å². The standard InChI is InChI=1S/C15H17N5O2/c1-3-19(4-2)22-15(21)11-5-7-13(8-6-11)20-14(17)12(9-16)10-18-20/h5-8,10H,3-4,17H2,1-2H3. The van der Waals surface area contributed by atoms with Crippen molar-refractivity contribution in [2.75, 3.05) is 18.8 Å². The van der Waals surface area contributed by atoms with Crippen molar-refractivity contribution >= 4 is 11.8 Å². The Morgan fingerprint density at radius 3 is 2.50 bits per heavy atom. The quantitative estimate of drug-likeness (QED) is 0.845. The molecule has 1 aromatic carbocycles. The van der Waals surface area contributed by atoms with Crippen LogP contribution in [-0.4, -0.2) is 33.9 Å². The van der Waals surface area contributed by atoms with Gasteiger partial charge < -0.3 is 10.6 Å². The second-order valence-corrected chi connectivity index (χ2v) is 4.51. The van der Waals surface area contributed by atoms with Crippen molar-refractivity contribution in [3.8, 4) is 11.8 Å². The summed E-state index contributed by atoms with van der Waals surface area (Å²) in [5, 5.41) is 14.5. The molecule has 0 atom stereocenters. The zero-order valence-electron chi connectivity index (χ0n) is 12.5. The average molecular weight is 299 g/mol. The molecule has 0 saturated carbocycles. The number of hydroxylamine groups is 2. The lowest BCUT2D eigenvalue weighted by Crippen LogP contribution is -2.26. The van der Waals surface area contributed by atoms with Gasteiger partial charge in [0.1, 0.15) is 17.5 Å². The molecule has 22 heavy (non-hydrogen) atoms. The number of hydrogen-bond donors (Lipinski definition) is 1. The summed E-state index contributed by atoms with van der Waals surface area (Å²) in [7, 11) is 0. The molecule has 2 aromatic rings. The maximum atomic E-state index is 12.0. The number of nitriles is 1. The van der Waals surface area contributed by atoms with E-state index in [9.17, 15) is 4.79 Å². The van der Waals surface area contributed by atoms with Gasteiger partial charge in [0.2, 0.25) is 0 Å². The van der Waals surface area contributed by atoms with E-state index in [0.717, 1.165) is 0 Å². The van der Waals surface area contributed by atoms with Crippen LogP contribution in [0.3, 0.4) is 0 Å². The number of carbonyl (C=O) groups excluding carboxylic acids is 1. The Morgan fingerprint density at radius 1 is 1.36 bits per heavy atom. The minimum Gasteiger partial charge on any atom is -0.382 e. The summed E-state index contributed by atoms with van der Waals surface area (Å²) < 4.78 is 1.44. The molecule has 7 heteroatoms. The summed E-state index contributed by atoms with van der Waals surface area (Å²) in [6.07, 6.45) is 1.40. The first-order chi connectivity index (χ1) is 10.6. The minimum atomic E-state index is -0.415. The molecule has 0 amide bonds. The topological polar surface area (TPSA) is 97.2 Å². The van der Waals surface area contributed by atoms with E-state index in [1.165, 1.54) is 10.9 Å². The first-order valence-corrected chi connectivity index (χ1v) is 6.92. The molecule has 7 nitrogen and oxygen atoms in total. The lowest BCUT2D eigenvalue weighted by atomic mass is 10.2. The fraction of sp³-hybridized carbons (Fsp3) is 0.267. The largest absolute Gasteiger partial charge is 0.382 e. The molecule has 0 aliphatic heterocycles. The predicted octanol–water partition coefficient (Wildman–Crippen LogP) is 1.74. The Bertz CT molecular complexity index is 696. The Hall–Kier alpha value is -2.85. The van der Waals surface area contributed by atoms with E-state index < -0.39 is 5.97 Å². The number of nitrogen functional groups attached to an aromatic ring is 1. The van der Waals surface area contributed by atoms with Gasteiger partial charge in [-0.05, 0) is 38.1 Å². The van der Waals surface area contributed by atoms with Crippen LogP contribution in [-0.2, 0) is 4.84 Å². The van der Waals surface area contributed by atoms with Crippen LogP contribution in [0.5, 0.6) is 0 Å². The Morgan fingerprint density at radius 2 is 2.00 bits per heavy atom. The summed E-state index contributed by atoms with van der Waals surface area (Å²) in [5.74, 6) is -0.151. The lowest BCUT2D eigenvalue weighted by molar-refractivity contribution is -0.103. The van der Waals surface area contributed by atoms with Gasteiger partial charge in [0, 0.05) is 13.1 Å². The van der Waals surface area contributed by atoms with Gasteiger partial charge in [-0.1, -0.05) is 0 Å². The number of hydrogen-bond acceptors (Lipinski definition) is 6. The zero-order valence-corrected chi connectivity index (χ0v) is 12.5. The second kappa shape index (κ2) is 6.74. The summed E-state index contributed by atoms with van der Waals surface area (Å²) in [5.41, 5.74) is 7.23. The van der Waals surface area contributed by atoms with E-state index in [-0.39, 0.29) is 5.82 Å². The van der Waals surface area contributed by atoms with E-state index >= 15 is 0 Å². The molecule has 2 rings (SSSR count). The summed E-state index contributed by atoms with van der Waals surface area (Å²) in [6, 6.07) is 8.62. The molecular formula is C15H17N5O2. The first kappa shape index (κ1) is 15.5. The number of nitrogens with two attached hydrogens (primary N) is 1. The number of nitrogens with zero attached hydrogens (tertiary/aromatic N) is 4. The second-order valence-electron chi connectivity index (χ2n) is 4.51. The highest BCUT2D eigenvalue weighted by Crippen LogP contribution is 2.17. The Balaban J connectivity index is 2.18. The first-order valence-electron chi connectivity index (χ1n) is 6.92. The van der Waals surface area contributed by atoms with Crippen molar-refractivity contribution in [1.82, 2.24) is 14.8 Å². The van der Waals surface area contributed by atoms with Crippen LogP contribution in [0.4, 0.5) is 5.82 Å². The van der Waals surface area contributed by atoms with Crippen molar-refractivity contribution in [2.24, 2.45) is 0 Å². The molecule has 0 spiro atoms. The third-order valence-corrected chi connectivity index (χ3v) is 3.19. The van der Waals surface area contributed by atoms with Crippen molar-refractivity contribution in [2.45, 2.75) is 13.8 Å². The van der Waals surface area contributed by atoms with Crippen molar-refractivity contribution in [3.05, 3.63) is 41.6 Å². The van der Waals surface area contributed by atoms with Crippen LogP contribution in [0.25, 0.3) is 5.69 Å². The molecular weight excluding hydrogens is 282 g/mol. The molecule has 0 fully saturated rings. The van der Waals surface area contributed by atoms with Gasteiger partial charge >= 0.3 is 5.97 Å². The van der Waals surface area contributed by atoms with Crippen LogP contribution in [0.15, 0.2) is 30.5 Å². The normalized spacial score (nSPS) is 10.5. The highest BCUT2D eigenvalue weighted by molar-refractivity contribution is 5.89. The number of anilines is 1. The number of rotatable bonds is 5. The monoisotopic (exact) mass is 299 g/mol. The fourth-order valence-electron chi connectivity index (χ4n) is 1.91. The van der Waals surface area contributed by atoms with Gasteiger partial charge in [-0.15, -0.1) is 5.06 Å².